The minimum atomic E-state index is -0.370. The highest BCUT2D eigenvalue weighted by Crippen LogP contribution is 2.33. The molecule has 0 fully saturated rings. The van der Waals surface area contributed by atoms with Crippen LogP contribution >= 0.6 is 11.6 Å². The molecule has 1 aromatic heterocycles. The minimum absolute atomic E-state index is 0.195. The fourth-order valence-electron chi connectivity index (χ4n) is 3.12. The Bertz CT molecular complexity index is 1230. The zero-order valence-electron chi connectivity index (χ0n) is 17.4. The zero-order chi connectivity index (χ0) is 22.3. The summed E-state index contributed by atoms with van der Waals surface area (Å²) >= 11 is 6.25. The molecule has 4 aromatic rings. The van der Waals surface area contributed by atoms with Gasteiger partial charge in [-0.25, -0.2) is 10.1 Å². The van der Waals surface area contributed by atoms with E-state index in [0.29, 0.717) is 10.8 Å². The Balaban J connectivity index is 1.47. The van der Waals surface area contributed by atoms with Crippen LogP contribution in [-0.4, -0.2) is 28.5 Å². The Morgan fingerprint density at radius 1 is 1.09 bits per heavy atom. The van der Waals surface area contributed by atoms with Gasteiger partial charge in [0.05, 0.1) is 23.8 Å². The van der Waals surface area contributed by atoms with Gasteiger partial charge in [-0.15, -0.1) is 0 Å². The van der Waals surface area contributed by atoms with Crippen LogP contribution in [0.15, 0.2) is 90.2 Å². The molecule has 1 heterocycles. The van der Waals surface area contributed by atoms with E-state index < -0.39 is 0 Å². The van der Waals surface area contributed by atoms with Crippen molar-refractivity contribution in [3.8, 4) is 22.7 Å². The number of ether oxygens (including phenoxy) is 1. The van der Waals surface area contributed by atoms with E-state index in [1.54, 1.807) is 35.3 Å². The molecule has 0 aliphatic carbocycles. The van der Waals surface area contributed by atoms with Crippen molar-refractivity contribution >= 4 is 23.7 Å². The number of carbonyl (C=O) groups excluding carboxylic acids is 1. The van der Waals surface area contributed by atoms with Gasteiger partial charge in [-0.2, -0.15) is 10.2 Å². The molecule has 0 radical (unpaired) electrons. The third kappa shape index (κ3) is 5.22. The van der Waals surface area contributed by atoms with Gasteiger partial charge in [0.25, 0.3) is 5.91 Å². The third-order valence-corrected chi connectivity index (χ3v) is 4.94. The number of hydrogen-bond donors (Lipinski definition) is 1. The van der Waals surface area contributed by atoms with Crippen molar-refractivity contribution in [3.63, 3.8) is 0 Å². The Morgan fingerprint density at radius 3 is 2.66 bits per heavy atom. The van der Waals surface area contributed by atoms with E-state index in [1.807, 2.05) is 67.6 Å². The molecule has 0 saturated heterocycles. The van der Waals surface area contributed by atoms with Crippen LogP contribution in [-0.2, 0) is 4.79 Å². The summed E-state index contributed by atoms with van der Waals surface area (Å²) in [6, 6.07) is 24.7. The molecule has 1 N–H and O–H groups in total. The number of aryl methyl sites for hydroxylation is 1. The number of rotatable bonds is 7. The van der Waals surface area contributed by atoms with Gasteiger partial charge >= 0.3 is 0 Å². The molecule has 7 heteroatoms. The molecule has 0 atom stereocenters. The standard InChI is InChI=1S/C25H21ClN4O2/c1-18-7-9-19(10-8-18)16-27-29-25(31)17-32-24-12-11-20(26)15-22(24)23-13-14-28-30(23)21-5-3-2-4-6-21/h2-16H,17H2,1H3,(H,29,31)/b27-16+. The molecule has 0 saturated carbocycles. The molecular formula is C25H21ClN4O2. The average Bonchev–Trinajstić information content (AvgIpc) is 3.30. The highest BCUT2D eigenvalue weighted by Gasteiger charge is 2.14. The number of aromatic nitrogens is 2. The number of hydrazone groups is 1. The van der Waals surface area contributed by atoms with Gasteiger partial charge in [0.1, 0.15) is 5.75 Å². The van der Waals surface area contributed by atoms with Gasteiger partial charge in [0.2, 0.25) is 0 Å². The van der Waals surface area contributed by atoms with Crippen molar-refractivity contribution < 1.29 is 9.53 Å². The lowest BCUT2D eigenvalue weighted by Crippen LogP contribution is -2.24. The summed E-state index contributed by atoms with van der Waals surface area (Å²) in [5.74, 6) is 0.149. The fourth-order valence-corrected chi connectivity index (χ4v) is 3.29. The lowest BCUT2D eigenvalue weighted by atomic mass is 10.1. The lowest BCUT2D eigenvalue weighted by Gasteiger charge is -2.13. The third-order valence-electron chi connectivity index (χ3n) is 4.70. The SMILES string of the molecule is Cc1ccc(/C=N/NC(=O)COc2ccc(Cl)cc2-c2ccnn2-c2ccccc2)cc1. The van der Waals surface area contributed by atoms with Gasteiger partial charge < -0.3 is 4.74 Å². The molecule has 6 nitrogen and oxygen atoms in total. The van der Waals surface area contributed by atoms with E-state index in [9.17, 15) is 4.79 Å². The Hall–Kier alpha value is -3.90. The molecule has 1 amide bonds. The molecule has 0 aliphatic heterocycles. The van der Waals surface area contributed by atoms with Crippen LogP contribution in [0.4, 0.5) is 0 Å². The summed E-state index contributed by atoms with van der Waals surface area (Å²) in [4.78, 5) is 12.2. The predicted molar refractivity (Wildman–Crippen MR) is 126 cm³/mol. The van der Waals surface area contributed by atoms with Crippen LogP contribution in [0.2, 0.25) is 5.02 Å². The molecular weight excluding hydrogens is 424 g/mol. The first-order valence-corrected chi connectivity index (χ1v) is 10.4. The maximum atomic E-state index is 12.2. The molecule has 32 heavy (non-hydrogen) atoms. The Kier molecular flexibility index (Phi) is 6.63. The van der Waals surface area contributed by atoms with Crippen LogP contribution in [0, 0.1) is 6.92 Å². The maximum absolute atomic E-state index is 12.2. The van der Waals surface area contributed by atoms with Crippen molar-refractivity contribution in [2.75, 3.05) is 6.61 Å². The van der Waals surface area contributed by atoms with Crippen LogP contribution in [0.25, 0.3) is 16.9 Å². The minimum Gasteiger partial charge on any atom is -0.483 e. The second-order valence-electron chi connectivity index (χ2n) is 7.10. The van der Waals surface area contributed by atoms with Gasteiger partial charge in [-0.1, -0.05) is 59.6 Å². The van der Waals surface area contributed by atoms with E-state index in [2.05, 4.69) is 15.6 Å². The number of hydrogen-bond acceptors (Lipinski definition) is 4. The van der Waals surface area contributed by atoms with Crippen LogP contribution < -0.4 is 10.2 Å². The molecule has 4 rings (SSSR count). The number of nitrogens with one attached hydrogen (secondary N) is 1. The largest absolute Gasteiger partial charge is 0.483 e. The van der Waals surface area contributed by atoms with Crippen LogP contribution in [0.1, 0.15) is 11.1 Å². The molecule has 0 bridgehead atoms. The van der Waals surface area contributed by atoms with E-state index in [4.69, 9.17) is 16.3 Å². The zero-order valence-corrected chi connectivity index (χ0v) is 18.2. The van der Waals surface area contributed by atoms with E-state index >= 15 is 0 Å². The first-order valence-electron chi connectivity index (χ1n) is 10.0. The van der Waals surface area contributed by atoms with Crippen molar-refractivity contribution in [2.24, 2.45) is 5.10 Å². The Morgan fingerprint density at radius 2 is 1.88 bits per heavy atom. The number of para-hydroxylation sites is 1. The summed E-state index contributed by atoms with van der Waals surface area (Å²) in [6.45, 7) is 1.82. The van der Waals surface area contributed by atoms with Gasteiger partial charge in [0, 0.05) is 10.6 Å². The molecule has 0 spiro atoms. The number of nitrogens with zero attached hydrogens (tertiary/aromatic N) is 3. The van der Waals surface area contributed by atoms with Crippen molar-refractivity contribution in [1.82, 2.24) is 15.2 Å². The van der Waals surface area contributed by atoms with Crippen molar-refractivity contribution in [3.05, 3.63) is 101 Å². The maximum Gasteiger partial charge on any atom is 0.277 e. The van der Waals surface area contributed by atoms with Gasteiger partial charge in [-0.05, 0) is 48.9 Å². The van der Waals surface area contributed by atoms with Crippen LogP contribution in [0.5, 0.6) is 5.75 Å². The van der Waals surface area contributed by atoms with Crippen molar-refractivity contribution in [1.29, 1.82) is 0 Å². The average molecular weight is 445 g/mol. The predicted octanol–water partition coefficient (Wildman–Crippen LogP) is 5.03. The number of halogens is 1. The number of carbonyl (C=O) groups is 1. The first kappa shape index (κ1) is 21.3. The fraction of sp³-hybridized carbons (Fsp3) is 0.0800. The summed E-state index contributed by atoms with van der Waals surface area (Å²) in [5.41, 5.74) is 6.97. The van der Waals surface area contributed by atoms with E-state index in [-0.39, 0.29) is 12.5 Å². The topological polar surface area (TPSA) is 68.5 Å². The summed E-state index contributed by atoms with van der Waals surface area (Å²) < 4.78 is 7.60. The lowest BCUT2D eigenvalue weighted by molar-refractivity contribution is -0.123. The smallest absolute Gasteiger partial charge is 0.277 e. The molecule has 0 unspecified atom stereocenters. The second kappa shape index (κ2) is 9.94. The quantitative estimate of drug-likeness (QED) is 0.321. The summed E-state index contributed by atoms with van der Waals surface area (Å²) in [7, 11) is 0. The summed E-state index contributed by atoms with van der Waals surface area (Å²) in [6.07, 6.45) is 3.29. The van der Waals surface area contributed by atoms with Crippen molar-refractivity contribution in [2.45, 2.75) is 6.92 Å². The van der Waals surface area contributed by atoms with Crippen LogP contribution in [0.3, 0.4) is 0 Å². The molecule has 0 aliphatic rings. The monoisotopic (exact) mass is 444 g/mol. The number of amides is 1. The Labute approximate surface area is 191 Å². The van der Waals surface area contributed by atoms with E-state index in [1.165, 1.54) is 0 Å². The normalized spacial score (nSPS) is 10.9. The highest BCUT2D eigenvalue weighted by atomic mass is 35.5. The first-order chi connectivity index (χ1) is 15.6. The molecule has 160 valence electrons. The highest BCUT2D eigenvalue weighted by molar-refractivity contribution is 6.31. The molecule has 3 aromatic carbocycles. The second-order valence-corrected chi connectivity index (χ2v) is 7.53. The van der Waals surface area contributed by atoms with Gasteiger partial charge in [-0.3, -0.25) is 4.79 Å². The number of benzene rings is 3. The van der Waals surface area contributed by atoms with Gasteiger partial charge in [0.15, 0.2) is 6.61 Å². The van der Waals surface area contributed by atoms with E-state index in [0.717, 1.165) is 28.1 Å². The summed E-state index contributed by atoms with van der Waals surface area (Å²) in [5, 5.41) is 8.96.